The molecule has 1 amide bonds. The molecule has 0 bridgehead atoms. The number of carbonyl (C=O) groups is 1. The van der Waals surface area contributed by atoms with Crippen LogP contribution in [0.3, 0.4) is 0 Å². The zero-order chi connectivity index (χ0) is 18.8. The first-order valence-corrected chi connectivity index (χ1v) is 10.5. The maximum atomic E-state index is 13.0. The summed E-state index contributed by atoms with van der Waals surface area (Å²) in [6.07, 6.45) is 5.33. The zero-order valence-corrected chi connectivity index (χ0v) is 16.5. The van der Waals surface area contributed by atoms with Gasteiger partial charge in [-0.25, -0.2) is 4.98 Å². The highest BCUT2D eigenvalue weighted by Crippen LogP contribution is 2.30. The van der Waals surface area contributed by atoms with Gasteiger partial charge in [-0.2, -0.15) is 5.26 Å². The van der Waals surface area contributed by atoms with Crippen LogP contribution in [0.25, 0.3) is 10.6 Å². The minimum atomic E-state index is 0.107. The van der Waals surface area contributed by atoms with Crippen LogP contribution >= 0.6 is 11.3 Å². The Morgan fingerprint density at radius 2 is 1.81 bits per heavy atom. The van der Waals surface area contributed by atoms with Crippen LogP contribution in [0.4, 0.5) is 0 Å². The first kappa shape index (κ1) is 18.1. The fraction of sp³-hybridized carbons (Fsp3) is 0.476. The topological polar surface area (TPSA) is 60.2 Å². The van der Waals surface area contributed by atoms with Crippen LogP contribution in [0.2, 0.25) is 0 Å². The van der Waals surface area contributed by atoms with Crippen molar-refractivity contribution in [2.45, 2.75) is 38.6 Å². The standard InChI is InChI=1S/C21H24N4OS/c1-15-19(27-20(23-15)17-8-6-16(14-22)7-9-17)21(26)25-12-10-24(11-13-25)18-4-2-3-5-18/h6-9,18H,2-5,10-13H2,1H3. The van der Waals surface area contributed by atoms with Gasteiger partial charge >= 0.3 is 0 Å². The molecule has 140 valence electrons. The van der Waals surface area contributed by atoms with E-state index in [4.69, 9.17) is 5.26 Å². The van der Waals surface area contributed by atoms with Crippen molar-refractivity contribution in [3.8, 4) is 16.6 Å². The highest BCUT2D eigenvalue weighted by atomic mass is 32.1. The highest BCUT2D eigenvalue weighted by Gasteiger charge is 2.29. The summed E-state index contributed by atoms with van der Waals surface area (Å²) in [6.45, 7) is 5.48. The monoisotopic (exact) mass is 380 g/mol. The average Bonchev–Trinajstić information content (AvgIpc) is 3.38. The quantitative estimate of drug-likeness (QED) is 0.815. The maximum absolute atomic E-state index is 13.0. The molecule has 27 heavy (non-hydrogen) atoms. The summed E-state index contributed by atoms with van der Waals surface area (Å²) in [5, 5.41) is 9.77. The maximum Gasteiger partial charge on any atom is 0.265 e. The summed E-state index contributed by atoms with van der Waals surface area (Å²) in [5.74, 6) is 0.107. The van der Waals surface area contributed by atoms with Crippen molar-refractivity contribution < 1.29 is 4.79 Å². The SMILES string of the molecule is Cc1nc(-c2ccc(C#N)cc2)sc1C(=O)N1CCN(C2CCCC2)CC1. The number of nitrogens with zero attached hydrogens (tertiary/aromatic N) is 4. The second kappa shape index (κ2) is 7.79. The molecule has 1 aliphatic heterocycles. The molecule has 1 aromatic heterocycles. The van der Waals surface area contributed by atoms with Gasteiger partial charge in [0.05, 0.1) is 17.3 Å². The highest BCUT2D eigenvalue weighted by molar-refractivity contribution is 7.17. The molecular formula is C21H24N4OS. The van der Waals surface area contributed by atoms with Crippen LogP contribution in [-0.4, -0.2) is 52.9 Å². The van der Waals surface area contributed by atoms with Gasteiger partial charge in [0.2, 0.25) is 0 Å². The second-order valence-electron chi connectivity index (χ2n) is 7.39. The van der Waals surface area contributed by atoms with Crippen LogP contribution in [0.5, 0.6) is 0 Å². The Hall–Kier alpha value is -2.23. The van der Waals surface area contributed by atoms with Gasteiger partial charge in [0, 0.05) is 37.8 Å². The van der Waals surface area contributed by atoms with Gasteiger partial charge in [0.1, 0.15) is 9.88 Å². The van der Waals surface area contributed by atoms with E-state index in [2.05, 4.69) is 16.0 Å². The number of rotatable bonds is 3. The molecule has 2 aliphatic rings. The van der Waals surface area contributed by atoms with E-state index < -0.39 is 0 Å². The van der Waals surface area contributed by atoms with E-state index in [0.717, 1.165) is 53.4 Å². The number of carbonyl (C=O) groups excluding carboxylic acids is 1. The van der Waals surface area contributed by atoms with Gasteiger partial charge in [-0.1, -0.05) is 25.0 Å². The van der Waals surface area contributed by atoms with Crippen molar-refractivity contribution in [1.29, 1.82) is 5.26 Å². The third kappa shape index (κ3) is 3.76. The Labute approximate surface area is 164 Å². The molecule has 0 N–H and O–H groups in total. The number of nitriles is 1. The van der Waals surface area contributed by atoms with E-state index in [1.807, 2.05) is 24.0 Å². The molecule has 0 atom stereocenters. The third-order valence-corrected chi connectivity index (χ3v) is 6.89. The first-order chi connectivity index (χ1) is 13.2. The molecule has 1 saturated heterocycles. The van der Waals surface area contributed by atoms with Gasteiger partial charge in [0.25, 0.3) is 5.91 Å². The summed E-state index contributed by atoms with van der Waals surface area (Å²) < 4.78 is 0. The molecule has 4 rings (SSSR count). The Morgan fingerprint density at radius 1 is 1.15 bits per heavy atom. The fourth-order valence-corrected chi connectivity index (χ4v) is 5.15. The van der Waals surface area contributed by atoms with Gasteiger partial charge < -0.3 is 4.90 Å². The van der Waals surface area contributed by atoms with Gasteiger partial charge in [0.15, 0.2) is 0 Å². The normalized spacial score (nSPS) is 18.6. The number of aromatic nitrogens is 1. The molecule has 0 unspecified atom stereocenters. The number of aryl methyl sites for hydroxylation is 1. The van der Waals surface area contributed by atoms with E-state index in [1.165, 1.54) is 37.0 Å². The van der Waals surface area contributed by atoms with E-state index in [-0.39, 0.29) is 5.91 Å². The van der Waals surface area contributed by atoms with Crippen LogP contribution in [0.15, 0.2) is 24.3 Å². The Morgan fingerprint density at radius 3 is 2.44 bits per heavy atom. The van der Waals surface area contributed by atoms with Gasteiger partial charge in [-0.3, -0.25) is 9.69 Å². The molecule has 2 aromatic rings. The predicted octanol–water partition coefficient (Wildman–Crippen LogP) is 3.69. The molecule has 2 fully saturated rings. The van der Waals surface area contributed by atoms with Crippen LogP contribution in [-0.2, 0) is 0 Å². The summed E-state index contributed by atoms with van der Waals surface area (Å²) in [6, 6.07) is 10.2. The predicted molar refractivity (Wildman–Crippen MR) is 107 cm³/mol. The van der Waals surface area contributed by atoms with Crippen LogP contribution in [0.1, 0.15) is 46.6 Å². The van der Waals surface area contributed by atoms with Crippen molar-refractivity contribution in [2.24, 2.45) is 0 Å². The number of hydrogen-bond acceptors (Lipinski definition) is 5. The molecule has 1 aliphatic carbocycles. The number of amides is 1. The average molecular weight is 381 g/mol. The lowest BCUT2D eigenvalue weighted by atomic mass is 10.1. The van der Waals surface area contributed by atoms with E-state index in [9.17, 15) is 4.79 Å². The minimum absolute atomic E-state index is 0.107. The van der Waals surface area contributed by atoms with Gasteiger partial charge in [-0.05, 0) is 31.9 Å². The van der Waals surface area contributed by atoms with Gasteiger partial charge in [-0.15, -0.1) is 11.3 Å². The Kier molecular flexibility index (Phi) is 5.24. The van der Waals surface area contributed by atoms with Crippen molar-refractivity contribution in [3.05, 3.63) is 40.4 Å². The summed E-state index contributed by atoms with van der Waals surface area (Å²) in [4.78, 5) is 22.9. The second-order valence-corrected chi connectivity index (χ2v) is 8.39. The van der Waals surface area contributed by atoms with Crippen LogP contribution < -0.4 is 0 Å². The summed E-state index contributed by atoms with van der Waals surface area (Å²) in [7, 11) is 0. The number of piperazine rings is 1. The molecule has 1 aromatic carbocycles. The zero-order valence-electron chi connectivity index (χ0n) is 15.6. The number of benzene rings is 1. The van der Waals surface area contributed by atoms with Crippen LogP contribution in [0, 0.1) is 18.3 Å². The lowest BCUT2D eigenvalue weighted by molar-refractivity contribution is 0.0577. The lowest BCUT2D eigenvalue weighted by Gasteiger charge is -2.37. The van der Waals surface area contributed by atoms with E-state index >= 15 is 0 Å². The molecule has 2 heterocycles. The minimum Gasteiger partial charge on any atom is -0.335 e. The summed E-state index contributed by atoms with van der Waals surface area (Å²) in [5.41, 5.74) is 2.37. The fourth-order valence-electron chi connectivity index (χ4n) is 4.11. The molecule has 1 saturated carbocycles. The van der Waals surface area contributed by atoms with Crippen molar-refractivity contribution >= 4 is 17.2 Å². The Bertz CT molecular complexity index is 853. The molecule has 5 nitrogen and oxygen atoms in total. The Balaban J connectivity index is 1.44. The number of thiazole rings is 1. The number of hydrogen-bond donors (Lipinski definition) is 0. The van der Waals surface area contributed by atoms with E-state index in [0.29, 0.717) is 5.56 Å². The third-order valence-electron chi connectivity index (χ3n) is 5.69. The lowest BCUT2D eigenvalue weighted by Crippen LogP contribution is -2.51. The van der Waals surface area contributed by atoms with Crippen molar-refractivity contribution in [3.63, 3.8) is 0 Å². The molecule has 6 heteroatoms. The van der Waals surface area contributed by atoms with Crippen molar-refractivity contribution in [2.75, 3.05) is 26.2 Å². The molecule has 0 spiro atoms. The smallest absolute Gasteiger partial charge is 0.265 e. The molecular weight excluding hydrogens is 356 g/mol. The first-order valence-electron chi connectivity index (χ1n) is 9.67. The largest absolute Gasteiger partial charge is 0.335 e. The van der Waals surface area contributed by atoms with E-state index in [1.54, 1.807) is 12.1 Å². The summed E-state index contributed by atoms with van der Waals surface area (Å²) >= 11 is 1.46. The van der Waals surface area contributed by atoms with Crippen molar-refractivity contribution in [1.82, 2.24) is 14.8 Å². The molecule has 0 radical (unpaired) electrons.